The molecule has 3 saturated heterocycles. The van der Waals surface area contributed by atoms with E-state index in [1.54, 1.807) is 4.90 Å². The van der Waals surface area contributed by atoms with Crippen molar-refractivity contribution in [2.24, 2.45) is 0 Å². The van der Waals surface area contributed by atoms with Crippen LogP contribution in [-0.2, 0) is 14.3 Å². The maximum absolute atomic E-state index is 12.9. The minimum atomic E-state index is -0.0409. The first-order chi connectivity index (χ1) is 13.9. The molecule has 3 heterocycles. The molecule has 0 N–H and O–H groups in total. The quantitative estimate of drug-likeness (QED) is 0.560. The van der Waals surface area contributed by atoms with Crippen molar-refractivity contribution in [2.45, 2.75) is 32.1 Å². The van der Waals surface area contributed by atoms with Crippen molar-refractivity contribution in [1.82, 2.24) is 24.5 Å². The summed E-state index contributed by atoms with van der Waals surface area (Å²) in [7, 11) is 3.75. The van der Waals surface area contributed by atoms with Crippen LogP contribution in [0.4, 0.5) is 0 Å². The SMILES string of the molecule is C[C@@H]1CN(CCN2CCN(CCN3CCO[C@H](C)C3)[C@H](C(=O)N(C)C)C2)CCO1. The first-order valence-electron chi connectivity index (χ1n) is 11.3. The van der Waals surface area contributed by atoms with E-state index in [0.717, 1.165) is 85.2 Å². The van der Waals surface area contributed by atoms with E-state index in [2.05, 4.69) is 33.4 Å². The average molecular weight is 412 g/mol. The maximum Gasteiger partial charge on any atom is 0.240 e. The summed E-state index contributed by atoms with van der Waals surface area (Å²) in [6.07, 6.45) is 0.634. The molecule has 8 heteroatoms. The molecule has 0 unspecified atom stereocenters. The number of likely N-dealkylation sites (N-methyl/N-ethyl adjacent to an activating group) is 1. The Labute approximate surface area is 176 Å². The normalized spacial score (nSPS) is 31.1. The maximum atomic E-state index is 12.9. The number of nitrogens with zero attached hydrogens (tertiary/aromatic N) is 5. The highest BCUT2D eigenvalue weighted by molar-refractivity contribution is 5.81. The van der Waals surface area contributed by atoms with Gasteiger partial charge in [0.25, 0.3) is 0 Å². The molecule has 0 saturated carbocycles. The number of ether oxygens (including phenoxy) is 2. The summed E-state index contributed by atoms with van der Waals surface area (Å²) >= 11 is 0. The van der Waals surface area contributed by atoms with Crippen LogP contribution in [0.1, 0.15) is 13.8 Å². The third kappa shape index (κ3) is 6.87. The zero-order valence-electron chi connectivity index (χ0n) is 18.9. The van der Waals surface area contributed by atoms with Crippen molar-refractivity contribution in [3.63, 3.8) is 0 Å². The predicted molar refractivity (Wildman–Crippen MR) is 114 cm³/mol. The highest BCUT2D eigenvalue weighted by atomic mass is 16.5. The molecule has 0 spiro atoms. The van der Waals surface area contributed by atoms with Gasteiger partial charge >= 0.3 is 0 Å². The zero-order valence-corrected chi connectivity index (χ0v) is 18.9. The minimum absolute atomic E-state index is 0.0409. The molecule has 0 bridgehead atoms. The topological polar surface area (TPSA) is 51.7 Å². The molecule has 0 aromatic heterocycles. The highest BCUT2D eigenvalue weighted by Gasteiger charge is 2.33. The Hall–Kier alpha value is -0.770. The van der Waals surface area contributed by atoms with Gasteiger partial charge in [-0.1, -0.05) is 0 Å². The van der Waals surface area contributed by atoms with E-state index in [4.69, 9.17) is 9.47 Å². The number of carbonyl (C=O) groups is 1. The minimum Gasteiger partial charge on any atom is -0.376 e. The fourth-order valence-electron chi connectivity index (χ4n) is 4.62. The molecule has 3 atom stereocenters. The van der Waals surface area contributed by atoms with Gasteiger partial charge in [-0.3, -0.25) is 24.4 Å². The second-order valence-electron chi connectivity index (χ2n) is 9.05. The van der Waals surface area contributed by atoms with Gasteiger partial charge < -0.3 is 14.4 Å². The fraction of sp³-hybridized carbons (Fsp3) is 0.952. The third-order valence-corrected chi connectivity index (χ3v) is 6.39. The number of rotatable bonds is 7. The van der Waals surface area contributed by atoms with Gasteiger partial charge in [-0.25, -0.2) is 0 Å². The Morgan fingerprint density at radius 3 is 1.83 bits per heavy atom. The van der Waals surface area contributed by atoms with Gasteiger partial charge in [0.05, 0.1) is 25.4 Å². The number of morpholine rings is 2. The van der Waals surface area contributed by atoms with Crippen molar-refractivity contribution in [2.75, 3.05) is 99.3 Å². The van der Waals surface area contributed by atoms with Crippen LogP contribution in [0.2, 0.25) is 0 Å². The van der Waals surface area contributed by atoms with Gasteiger partial charge in [0, 0.05) is 86.1 Å². The van der Waals surface area contributed by atoms with Crippen LogP contribution >= 0.6 is 0 Å². The summed E-state index contributed by atoms with van der Waals surface area (Å²) in [5.41, 5.74) is 0. The molecule has 3 rings (SSSR count). The molecule has 0 aromatic rings. The van der Waals surface area contributed by atoms with Crippen molar-refractivity contribution < 1.29 is 14.3 Å². The van der Waals surface area contributed by atoms with E-state index < -0.39 is 0 Å². The lowest BCUT2D eigenvalue weighted by molar-refractivity contribution is -0.137. The Bertz CT molecular complexity index is 521. The lowest BCUT2D eigenvalue weighted by Crippen LogP contribution is -2.60. The molecule has 168 valence electrons. The third-order valence-electron chi connectivity index (χ3n) is 6.39. The summed E-state index contributed by atoms with van der Waals surface area (Å²) in [5, 5.41) is 0. The van der Waals surface area contributed by atoms with Crippen LogP contribution in [0.3, 0.4) is 0 Å². The number of piperazine rings is 1. The van der Waals surface area contributed by atoms with Gasteiger partial charge in [-0.05, 0) is 13.8 Å². The van der Waals surface area contributed by atoms with E-state index in [1.807, 2.05) is 14.1 Å². The lowest BCUT2D eigenvalue weighted by atomic mass is 10.1. The number of hydrogen-bond donors (Lipinski definition) is 0. The van der Waals surface area contributed by atoms with Crippen molar-refractivity contribution in [1.29, 1.82) is 0 Å². The van der Waals surface area contributed by atoms with Gasteiger partial charge in [0.1, 0.15) is 6.04 Å². The van der Waals surface area contributed by atoms with E-state index in [9.17, 15) is 4.79 Å². The molecule has 0 radical (unpaired) electrons. The van der Waals surface area contributed by atoms with Gasteiger partial charge in [0.15, 0.2) is 0 Å². The van der Waals surface area contributed by atoms with Gasteiger partial charge in [0.2, 0.25) is 5.91 Å². The van der Waals surface area contributed by atoms with E-state index in [1.165, 1.54) is 0 Å². The number of hydrogen-bond acceptors (Lipinski definition) is 7. The summed E-state index contributed by atoms with van der Waals surface area (Å²) < 4.78 is 11.3. The molecule has 0 aromatic carbocycles. The smallest absolute Gasteiger partial charge is 0.240 e. The molecule has 1 amide bonds. The van der Waals surface area contributed by atoms with Crippen molar-refractivity contribution >= 4 is 5.91 Å². The van der Waals surface area contributed by atoms with Crippen LogP contribution in [-0.4, -0.2) is 148 Å². The van der Waals surface area contributed by atoms with E-state index in [-0.39, 0.29) is 11.9 Å². The molecule has 3 fully saturated rings. The molecule has 0 aliphatic carbocycles. The molecule has 3 aliphatic rings. The van der Waals surface area contributed by atoms with Crippen molar-refractivity contribution in [3.8, 4) is 0 Å². The Kier molecular flexibility index (Phi) is 8.70. The summed E-state index contributed by atoms with van der Waals surface area (Å²) in [5.74, 6) is 0.227. The van der Waals surface area contributed by atoms with Gasteiger partial charge in [-0.15, -0.1) is 0 Å². The fourth-order valence-corrected chi connectivity index (χ4v) is 4.62. The van der Waals surface area contributed by atoms with Crippen LogP contribution in [0.15, 0.2) is 0 Å². The molecule has 8 nitrogen and oxygen atoms in total. The number of carbonyl (C=O) groups excluding carboxylic acids is 1. The molecule has 3 aliphatic heterocycles. The van der Waals surface area contributed by atoms with Crippen LogP contribution in [0, 0.1) is 0 Å². The average Bonchev–Trinajstić information content (AvgIpc) is 2.70. The van der Waals surface area contributed by atoms with Gasteiger partial charge in [-0.2, -0.15) is 0 Å². The van der Waals surface area contributed by atoms with Crippen LogP contribution < -0.4 is 0 Å². The summed E-state index contributed by atoms with van der Waals surface area (Å²) in [6.45, 7) is 16.8. The molecular weight excluding hydrogens is 370 g/mol. The standard InChI is InChI=1S/C21H41N5O3/c1-18-15-24(11-13-28-18)6-5-23-7-9-26(20(17-23)21(27)22(3)4)10-8-25-12-14-29-19(2)16-25/h18-20H,5-17H2,1-4H3/t18-,19-,20+/m1/s1. The largest absolute Gasteiger partial charge is 0.376 e. The van der Waals surface area contributed by atoms with E-state index in [0.29, 0.717) is 12.2 Å². The Balaban J connectivity index is 1.50. The first kappa shape index (κ1) is 22.9. The predicted octanol–water partition coefficient (Wildman–Crippen LogP) is -0.498. The summed E-state index contributed by atoms with van der Waals surface area (Å²) in [6, 6.07) is -0.0409. The van der Waals surface area contributed by atoms with Crippen molar-refractivity contribution in [3.05, 3.63) is 0 Å². The summed E-state index contributed by atoms with van der Waals surface area (Å²) in [4.78, 5) is 24.5. The highest BCUT2D eigenvalue weighted by Crippen LogP contribution is 2.14. The second kappa shape index (κ2) is 11.0. The zero-order chi connectivity index (χ0) is 20.8. The van der Waals surface area contributed by atoms with Crippen LogP contribution in [0.25, 0.3) is 0 Å². The molecular formula is C21H41N5O3. The molecule has 29 heavy (non-hydrogen) atoms. The van der Waals surface area contributed by atoms with E-state index >= 15 is 0 Å². The Morgan fingerprint density at radius 2 is 1.31 bits per heavy atom. The lowest BCUT2D eigenvalue weighted by Gasteiger charge is -2.43. The monoisotopic (exact) mass is 411 g/mol. The van der Waals surface area contributed by atoms with Crippen LogP contribution in [0.5, 0.6) is 0 Å². The number of amides is 1. The Morgan fingerprint density at radius 1 is 0.793 bits per heavy atom. The second-order valence-corrected chi connectivity index (χ2v) is 9.05. The first-order valence-corrected chi connectivity index (χ1v) is 11.3.